The average molecular weight is 355 g/mol. The lowest BCUT2D eigenvalue weighted by molar-refractivity contribution is 0.419. The van der Waals surface area contributed by atoms with Crippen LogP contribution in [0.5, 0.6) is 0 Å². The number of nitrogens with one attached hydrogen (secondary N) is 1. The zero-order valence-electron chi connectivity index (χ0n) is 15.4. The summed E-state index contributed by atoms with van der Waals surface area (Å²) in [5.41, 5.74) is 2.52. The molecule has 0 amide bonds. The van der Waals surface area contributed by atoms with Crippen molar-refractivity contribution in [2.45, 2.75) is 26.8 Å². The Labute approximate surface area is 146 Å². The SMILES string of the molecule is CCN(CCCNC(=NC)N(C)Cc1ccccc1C)S(C)(=O)=O. The van der Waals surface area contributed by atoms with Crippen LogP contribution in [-0.4, -0.2) is 63.6 Å². The fourth-order valence-electron chi connectivity index (χ4n) is 2.52. The van der Waals surface area contributed by atoms with Gasteiger partial charge >= 0.3 is 0 Å². The van der Waals surface area contributed by atoms with Crippen molar-refractivity contribution in [2.75, 3.05) is 40.0 Å². The quantitative estimate of drug-likeness (QED) is 0.438. The molecule has 0 aliphatic carbocycles. The van der Waals surface area contributed by atoms with Crippen LogP contribution >= 0.6 is 0 Å². The number of aryl methyl sites for hydroxylation is 1. The standard InChI is InChI=1S/C17H30N4O2S/c1-6-21(24(5,22)23)13-9-12-19-17(18-3)20(4)14-16-11-8-7-10-15(16)2/h7-8,10-11H,6,9,12-14H2,1-5H3,(H,18,19). The van der Waals surface area contributed by atoms with Gasteiger partial charge in [0.15, 0.2) is 5.96 Å². The fourth-order valence-corrected chi connectivity index (χ4v) is 3.45. The van der Waals surface area contributed by atoms with Gasteiger partial charge in [-0.05, 0) is 24.5 Å². The first-order valence-electron chi connectivity index (χ1n) is 8.21. The summed E-state index contributed by atoms with van der Waals surface area (Å²) in [5.74, 6) is 0.806. The highest BCUT2D eigenvalue weighted by molar-refractivity contribution is 7.88. The minimum Gasteiger partial charge on any atom is -0.356 e. The van der Waals surface area contributed by atoms with E-state index in [1.54, 1.807) is 7.05 Å². The van der Waals surface area contributed by atoms with Crippen LogP contribution < -0.4 is 5.32 Å². The van der Waals surface area contributed by atoms with Gasteiger partial charge in [-0.2, -0.15) is 0 Å². The van der Waals surface area contributed by atoms with Gasteiger partial charge in [-0.25, -0.2) is 12.7 Å². The Kier molecular flexibility index (Phi) is 8.21. The molecule has 0 atom stereocenters. The van der Waals surface area contributed by atoms with Gasteiger partial charge in [-0.15, -0.1) is 0 Å². The first-order valence-corrected chi connectivity index (χ1v) is 10.1. The van der Waals surface area contributed by atoms with Gasteiger partial charge in [0.25, 0.3) is 0 Å². The summed E-state index contributed by atoms with van der Waals surface area (Å²) < 4.78 is 24.6. The van der Waals surface area contributed by atoms with Crippen LogP contribution in [0, 0.1) is 6.92 Å². The summed E-state index contributed by atoms with van der Waals surface area (Å²) in [7, 11) is 0.634. The molecule has 136 valence electrons. The molecule has 1 aromatic carbocycles. The molecule has 6 nitrogen and oxygen atoms in total. The van der Waals surface area contributed by atoms with Crippen LogP contribution in [0.2, 0.25) is 0 Å². The first kappa shape index (κ1) is 20.4. The molecule has 0 aliphatic rings. The van der Waals surface area contributed by atoms with Gasteiger partial charge < -0.3 is 10.2 Å². The normalized spacial score (nSPS) is 12.5. The third-order valence-electron chi connectivity index (χ3n) is 3.93. The molecule has 1 aromatic rings. The lowest BCUT2D eigenvalue weighted by Crippen LogP contribution is -2.40. The summed E-state index contributed by atoms with van der Waals surface area (Å²) >= 11 is 0. The van der Waals surface area contributed by atoms with Crippen molar-refractivity contribution >= 4 is 16.0 Å². The molecule has 0 radical (unpaired) electrons. The number of guanidine groups is 1. The maximum atomic E-state index is 11.6. The molecule has 0 heterocycles. The molecule has 1 N–H and O–H groups in total. The number of rotatable bonds is 8. The number of aliphatic imine (C=N–C) groups is 1. The van der Waals surface area contributed by atoms with Crippen LogP contribution in [-0.2, 0) is 16.6 Å². The van der Waals surface area contributed by atoms with Crippen molar-refractivity contribution in [3.63, 3.8) is 0 Å². The van der Waals surface area contributed by atoms with Gasteiger partial charge in [0.1, 0.15) is 0 Å². The van der Waals surface area contributed by atoms with E-state index in [2.05, 4.69) is 34.3 Å². The van der Waals surface area contributed by atoms with E-state index in [9.17, 15) is 8.42 Å². The Balaban J connectivity index is 2.49. The highest BCUT2D eigenvalue weighted by Gasteiger charge is 2.13. The topological polar surface area (TPSA) is 65.0 Å². The number of hydrogen-bond donors (Lipinski definition) is 1. The number of sulfonamides is 1. The summed E-state index contributed by atoms with van der Waals surface area (Å²) in [5, 5.41) is 3.29. The molecule has 0 bridgehead atoms. The summed E-state index contributed by atoms with van der Waals surface area (Å²) in [4.78, 5) is 6.36. The van der Waals surface area contributed by atoms with E-state index in [0.29, 0.717) is 19.6 Å². The average Bonchev–Trinajstić information content (AvgIpc) is 2.51. The van der Waals surface area contributed by atoms with Crippen molar-refractivity contribution in [3.8, 4) is 0 Å². The number of hydrogen-bond acceptors (Lipinski definition) is 3. The molecule has 0 saturated heterocycles. The van der Waals surface area contributed by atoms with Gasteiger partial charge in [0, 0.05) is 40.3 Å². The van der Waals surface area contributed by atoms with E-state index in [1.165, 1.54) is 21.7 Å². The number of nitrogens with zero attached hydrogens (tertiary/aromatic N) is 3. The molecule has 1 rings (SSSR count). The Morgan fingerprint density at radius 3 is 2.50 bits per heavy atom. The second kappa shape index (κ2) is 9.64. The van der Waals surface area contributed by atoms with Crippen molar-refractivity contribution in [1.82, 2.24) is 14.5 Å². The van der Waals surface area contributed by atoms with Crippen molar-refractivity contribution in [3.05, 3.63) is 35.4 Å². The van der Waals surface area contributed by atoms with E-state index >= 15 is 0 Å². The molecular formula is C17H30N4O2S. The molecule has 0 spiro atoms. The Bertz CT molecular complexity index is 644. The lowest BCUT2D eigenvalue weighted by atomic mass is 10.1. The molecule has 0 fully saturated rings. The van der Waals surface area contributed by atoms with Crippen molar-refractivity contribution in [2.24, 2.45) is 4.99 Å². The molecular weight excluding hydrogens is 324 g/mol. The zero-order valence-corrected chi connectivity index (χ0v) is 16.2. The molecule has 0 unspecified atom stereocenters. The largest absolute Gasteiger partial charge is 0.356 e. The highest BCUT2D eigenvalue weighted by Crippen LogP contribution is 2.09. The van der Waals surface area contributed by atoms with E-state index in [-0.39, 0.29) is 0 Å². The highest BCUT2D eigenvalue weighted by atomic mass is 32.2. The van der Waals surface area contributed by atoms with E-state index in [0.717, 1.165) is 18.9 Å². The third kappa shape index (κ3) is 6.49. The summed E-state index contributed by atoms with van der Waals surface area (Å²) in [6, 6.07) is 8.29. The summed E-state index contributed by atoms with van der Waals surface area (Å²) in [6.45, 7) is 6.42. The van der Waals surface area contributed by atoms with Crippen LogP contribution in [0.1, 0.15) is 24.5 Å². The molecule has 0 saturated carbocycles. The molecule has 0 aromatic heterocycles. The Morgan fingerprint density at radius 1 is 1.29 bits per heavy atom. The smallest absolute Gasteiger partial charge is 0.211 e. The first-order chi connectivity index (χ1) is 11.3. The minimum absolute atomic E-state index is 0.501. The van der Waals surface area contributed by atoms with Gasteiger partial charge in [0.2, 0.25) is 10.0 Å². The van der Waals surface area contributed by atoms with Gasteiger partial charge in [-0.1, -0.05) is 31.2 Å². The van der Waals surface area contributed by atoms with Crippen LogP contribution in [0.4, 0.5) is 0 Å². The van der Waals surface area contributed by atoms with Crippen LogP contribution in [0.15, 0.2) is 29.3 Å². The molecule has 0 aliphatic heterocycles. The predicted octanol–water partition coefficient (Wildman–Crippen LogP) is 1.67. The maximum absolute atomic E-state index is 11.6. The van der Waals surface area contributed by atoms with Gasteiger partial charge in [-0.3, -0.25) is 4.99 Å². The maximum Gasteiger partial charge on any atom is 0.211 e. The van der Waals surface area contributed by atoms with Crippen LogP contribution in [0.3, 0.4) is 0 Å². The Morgan fingerprint density at radius 2 is 1.96 bits per heavy atom. The monoisotopic (exact) mass is 354 g/mol. The van der Waals surface area contributed by atoms with E-state index < -0.39 is 10.0 Å². The summed E-state index contributed by atoms with van der Waals surface area (Å²) in [6.07, 6.45) is 1.98. The zero-order chi connectivity index (χ0) is 18.2. The minimum atomic E-state index is -3.12. The van der Waals surface area contributed by atoms with Crippen molar-refractivity contribution in [1.29, 1.82) is 0 Å². The third-order valence-corrected chi connectivity index (χ3v) is 5.31. The molecule has 7 heteroatoms. The Hall–Kier alpha value is -1.60. The number of benzene rings is 1. The second-order valence-corrected chi connectivity index (χ2v) is 7.85. The van der Waals surface area contributed by atoms with E-state index in [1.807, 2.05) is 26.1 Å². The fraction of sp³-hybridized carbons (Fsp3) is 0.588. The van der Waals surface area contributed by atoms with Gasteiger partial charge in [0.05, 0.1) is 6.26 Å². The lowest BCUT2D eigenvalue weighted by Gasteiger charge is -2.23. The van der Waals surface area contributed by atoms with Crippen LogP contribution in [0.25, 0.3) is 0 Å². The predicted molar refractivity (Wildman–Crippen MR) is 101 cm³/mol. The van der Waals surface area contributed by atoms with E-state index in [4.69, 9.17) is 0 Å². The molecule has 24 heavy (non-hydrogen) atoms. The second-order valence-electron chi connectivity index (χ2n) is 5.86. The van der Waals surface area contributed by atoms with Crippen molar-refractivity contribution < 1.29 is 8.42 Å².